The summed E-state index contributed by atoms with van der Waals surface area (Å²) < 4.78 is 0. The number of aliphatic carboxylic acids is 1. The van der Waals surface area contributed by atoms with Gasteiger partial charge in [-0.25, -0.2) is 4.79 Å². The third-order valence-electron chi connectivity index (χ3n) is 4.68. The number of carboxylic acid groups (broad SMARTS) is 1. The highest BCUT2D eigenvalue weighted by molar-refractivity contribution is 7.98. The van der Waals surface area contributed by atoms with Crippen molar-refractivity contribution in [2.75, 3.05) is 24.3 Å². The number of amides is 3. The van der Waals surface area contributed by atoms with E-state index in [1.54, 1.807) is 0 Å². The molecule has 0 aromatic rings. The number of nitrogens with zero attached hydrogens (tertiary/aromatic N) is 1. The summed E-state index contributed by atoms with van der Waals surface area (Å²) >= 11 is 5.44. The maximum atomic E-state index is 13.0. The number of thioether (sulfide) groups is 1. The minimum absolute atomic E-state index is 0.108. The quantitative estimate of drug-likeness (QED) is 0.0490. The average Bonchev–Trinajstić information content (AvgIpc) is 2.75. The van der Waals surface area contributed by atoms with E-state index in [1.807, 2.05) is 20.1 Å². The van der Waals surface area contributed by atoms with Gasteiger partial charge in [0, 0.05) is 12.3 Å². The summed E-state index contributed by atoms with van der Waals surface area (Å²) in [6.45, 7) is 4.09. The van der Waals surface area contributed by atoms with Crippen LogP contribution in [0.15, 0.2) is 4.99 Å². The largest absolute Gasteiger partial charge is 0.480 e. The molecular formula is C20H39N7O5S2. The molecule has 0 aliphatic heterocycles. The fraction of sp³-hybridized carbons (Fsp3) is 0.750. The molecule has 0 spiro atoms. The van der Waals surface area contributed by atoms with Crippen molar-refractivity contribution in [1.29, 1.82) is 0 Å². The Bertz CT molecular complexity index is 705. The van der Waals surface area contributed by atoms with E-state index >= 15 is 0 Å². The summed E-state index contributed by atoms with van der Waals surface area (Å²) in [6, 6.07) is -3.98. The molecule has 0 saturated carbocycles. The van der Waals surface area contributed by atoms with Crippen molar-refractivity contribution in [3.8, 4) is 0 Å². The second kappa shape index (κ2) is 17.3. The normalized spacial score (nSPS) is 14.4. The van der Waals surface area contributed by atoms with E-state index in [4.69, 9.17) is 17.2 Å². The number of carbonyl (C=O) groups excluding carboxylic acids is 3. The van der Waals surface area contributed by atoms with Crippen LogP contribution >= 0.6 is 24.4 Å². The Morgan fingerprint density at radius 1 is 0.971 bits per heavy atom. The molecule has 0 aliphatic carbocycles. The first-order valence-corrected chi connectivity index (χ1v) is 13.0. The van der Waals surface area contributed by atoms with Crippen LogP contribution in [0.2, 0.25) is 0 Å². The molecule has 0 fully saturated rings. The molecule has 0 radical (unpaired) electrons. The van der Waals surface area contributed by atoms with E-state index in [2.05, 4.69) is 33.6 Å². The minimum Gasteiger partial charge on any atom is -0.480 e. The van der Waals surface area contributed by atoms with Crippen LogP contribution in [0.25, 0.3) is 0 Å². The zero-order valence-corrected chi connectivity index (χ0v) is 21.7. The van der Waals surface area contributed by atoms with Gasteiger partial charge in [0.1, 0.15) is 18.1 Å². The first-order chi connectivity index (χ1) is 15.9. The van der Waals surface area contributed by atoms with E-state index in [0.717, 1.165) is 0 Å². The van der Waals surface area contributed by atoms with Gasteiger partial charge in [-0.1, -0.05) is 13.8 Å². The van der Waals surface area contributed by atoms with Crippen molar-refractivity contribution in [3.05, 3.63) is 0 Å². The number of guanidine groups is 1. The molecule has 10 N–H and O–H groups in total. The number of hydrogen-bond acceptors (Lipinski definition) is 8. The lowest BCUT2D eigenvalue weighted by Crippen LogP contribution is -2.57. The standard InChI is InChI=1S/C20H39N7O5S2/c1-11(2)9-12(21)16(28)25-14(6-8-34-3)18(30)26-13(5-4-7-24-20(22)23)17(29)27-15(10-33)19(31)32/h11-15,33H,4-10,21H2,1-3H3,(H,25,28)(H,26,30)(H,27,29)(H,31,32)(H4,22,23,24). The fourth-order valence-corrected chi connectivity index (χ4v) is 3.62. The van der Waals surface area contributed by atoms with Crippen LogP contribution in [0, 0.1) is 5.92 Å². The molecule has 0 rings (SSSR count). The van der Waals surface area contributed by atoms with Gasteiger partial charge in [-0.3, -0.25) is 19.4 Å². The summed E-state index contributed by atoms with van der Waals surface area (Å²) in [5, 5.41) is 16.9. The van der Waals surface area contributed by atoms with Crippen LogP contribution in [0.1, 0.15) is 39.5 Å². The number of nitrogens with one attached hydrogen (secondary N) is 3. The van der Waals surface area contributed by atoms with E-state index in [9.17, 15) is 24.3 Å². The van der Waals surface area contributed by atoms with Crippen molar-refractivity contribution in [1.82, 2.24) is 16.0 Å². The van der Waals surface area contributed by atoms with Gasteiger partial charge in [0.05, 0.1) is 6.04 Å². The highest BCUT2D eigenvalue weighted by Gasteiger charge is 2.29. The Balaban J connectivity index is 5.47. The Kier molecular flexibility index (Phi) is 16.2. The second-order valence-corrected chi connectivity index (χ2v) is 9.52. The average molecular weight is 522 g/mol. The van der Waals surface area contributed by atoms with Gasteiger partial charge in [0.2, 0.25) is 17.7 Å². The lowest BCUT2D eigenvalue weighted by Gasteiger charge is -2.25. The minimum atomic E-state index is -1.25. The van der Waals surface area contributed by atoms with Gasteiger partial charge in [0.15, 0.2) is 5.96 Å². The number of rotatable bonds is 17. The van der Waals surface area contributed by atoms with Gasteiger partial charge < -0.3 is 38.3 Å². The molecule has 0 saturated heterocycles. The monoisotopic (exact) mass is 521 g/mol. The van der Waals surface area contributed by atoms with Crippen LogP contribution < -0.4 is 33.2 Å². The Morgan fingerprint density at radius 2 is 1.50 bits per heavy atom. The van der Waals surface area contributed by atoms with Crippen molar-refractivity contribution >= 4 is 54.0 Å². The molecule has 34 heavy (non-hydrogen) atoms. The number of thiol groups is 1. The SMILES string of the molecule is CSCCC(NC(=O)C(N)CC(C)C)C(=O)NC(CCCN=C(N)N)C(=O)NC(CS)C(=O)O. The molecule has 0 aliphatic rings. The van der Waals surface area contributed by atoms with Crippen molar-refractivity contribution in [2.24, 2.45) is 28.1 Å². The van der Waals surface area contributed by atoms with E-state index in [-0.39, 0.29) is 30.6 Å². The molecule has 0 aromatic heterocycles. The first-order valence-electron chi connectivity index (χ1n) is 11.0. The fourth-order valence-electron chi connectivity index (χ4n) is 2.90. The summed E-state index contributed by atoms with van der Waals surface area (Å²) in [5.74, 6) is -2.42. The highest BCUT2D eigenvalue weighted by Crippen LogP contribution is 2.07. The zero-order valence-electron chi connectivity index (χ0n) is 20.0. The third-order valence-corrected chi connectivity index (χ3v) is 5.69. The van der Waals surface area contributed by atoms with Crippen molar-refractivity contribution in [2.45, 2.75) is 63.7 Å². The number of aliphatic imine (C=N–C) groups is 1. The molecule has 0 heterocycles. The third kappa shape index (κ3) is 13.5. The van der Waals surface area contributed by atoms with Crippen molar-refractivity contribution < 1.29 is 24.3 Å². The highest BCUT2D eigenvalue weighted by atomic mass is 32.2. The van der Waals surface area contributed by atoms with Crippen LogP contribution in [-0.4, -0.2) is 83.2 Å². The smallest absolute Gasteiger partial charge is 0.327 e. The second-order valence-electron chi connectivity index (χ2n) is 8.17. The molecule has 14 heteroatoms. The molecule has 12 nitrogen and oxygen atoms in total. The molecule has 3 amide bonds. The van der Waals surface area contributed by atoms with E-state index < -0.39 is 47.9 Å². The maximum Gasteiger partial charge on any atom is 0.327 e. The lowest BCUT2D eigenvalue weighted by atomic mass is 10.0. The van der Waals surface area contributed by atoms with Gasteiger partial charge in [-0.15, -0.1) is 0 Å². The summed E-state index contributed by atoms with van der Waals surface area (Å²) in [7, 11) is 0. The molecule has 0 aromatic carbocycles. The first kappa shape index (κ1) is 31.8. The number of hydrogen-bond donors (Lipinski definition) is 8. The van der Waals surface area contributed by atoms with Crippen molar-refractivity contribution in [3.63, 3.8) is 0 Å². The number of carbonyl (C=O) groups is 4. The zero-order chi connectivity index (χ0) is 26.3. The maximum absolute atomic E-state index is 13.0. The summed E-state index contributed by atoms with van der Waals surface area (Å²) in [4.78, 5) is 53.4. The molecule has 4 unspecified atom stereocenters. The van der Waals surface area contributed by atoms with Crippen LogP contribution in [-0.2, 0) is 19.2 Å². The molecule has 196 valence electrons. The van der Waals surface area contributed by atoms with Gasteiger partial charge in [-0.2, -0.15) is 24.4 Å². The van der Waals surface area contributed by atoms with Crippen LogP contribution in [0.4, 0.5) is 0 Å². The Morgan fingerprint density at radius 3 is 1.97 bits per heavy atom. The molecule has 4 atom stereocenters. The van der Waals surface area contributed by atoms with Crippen LogP contribution in [0.3, 0.4) is 0 Å². The Labute approximate surface area is 210 Å². The van der Waals surface area contributed by atoms with Gasteiger partial charge in [0.25, 0.3) is 0 Å². The van der Waals surface area contributed by atoms with Crippen LogP contribution in [0.5, 0.6) is 0 Å². The number of carboxylic acids is 1. The topological polar surface area (TPSA) is 215 Å². The van der Waals surface area contributed by atoms with Gasteiger partial charge >= 0.3 is 5.97 Å². The number of nitrogens with two attached hydrogens (primary N) is 3. The lowest BCUT2D eigenvalue weighted by molar-refractivity contribution is -0.141. The molecule has 0 bridgehead atoms. The Hall–Kier alpha value is -2.19. The predicted molar refractivity (Wildman–Crippen MR) is 138 cm³/mol. The summed E-state index contributed by atoms with van der Waals surface area (Å²) in [5.41, 5.74) is 16.6. The predicted octanol–water partition coefficient (Wildman–Crippen LogP) is -1.36. The van der Waals surface area contributed by atoms with Gasteiger partial charge in [-0.05, 0) is 43.6 Å². The summed E-state index contributed by atoms with van der Waals surface area (Å²) in [6.07, 6.45) is 3.13. The molecular weight excluding hydrogens is 482 g/mol. The van der Waals surface area contributed by atoms with E-state index in [0.29, 0.717) is 25.0 Å². The van der Waals surface area contributed by atoms with E-state index in [1.165, 1.54) is 11.8 Å².